The van der Waals surface area contributed by atoms with Gasteiger partial charge in [0.25, 0.3) is 0 Å². The van der Waals surface area contributed by atoms with E-state index in [2.05, 4.69) is 9.80 Å². The van der Waals surface area contributed by atoms with Crippen LogP contribution in [-0.2, 0) is 44.7 Å². The second-order valence-electron chi connectivity index (χ2n) is 3.92. The van der Waals surface area contributed by atoms with E-state index in [0.717, 1.165) is 26.2 Å². The largest absolute Gasteiger partial charge is 2.00 e. The van der Waals surface area contributed by atoms with Crippen molar-refractivity contribution in [3.63, 3.8) is 0 Å². The van der Waals surface area contributed by atoms with E-state index in [-0.39, 0.29) is 19.5 Å². The summed E-state index contributed by atoms with van der Waals surface area (Å²) in [7, 11) is 0. The zero-order chi connectivity index (χ0) is 12.0. The normalized spacial score (nSPS) is 18.1. The van der Waals surface area contributed by atoms with Gasteiger partial charge in [-0.2, -0.15) is 0 Å². The van der Waals surface area contributed by atoms with Crippen LogP contribution in [0.2, 0.25) is 0 Å². The molecule has 0 atom stereocenters. The van der Waals surface area contributed by atoms with Crippen LogP contribution in [0.3, 0.4) is 0 Å². The van der Waals surface area contributed by atoms with Crippen LogP contribution in [0, 0.1) is 0 Å². The van der Waals surface area contributed by atoms with Gasteiger partial charge in [0, 0.05) is 26.2 Å². The molecule has 2 aliphatic rings. The number of hydrogen-bond donors (Lipinski definition) is 0. The van der Waals surface area contributed by atoms with E-state index < -0.39 is 0 Å². The molecule has 2 fully saturated rings. The molecule has 2 nitrogen and oxygen atoms in total. The summed E-state index contributed by atoms with van der Waals surface area (Å²) in [5, 5.41) is 0. The molecule has 2 rings (SSSR count). The Balaban J connectivity index is 0.000000284. The number of likely N-dealkylation sites (tertiary alicyclic amines) is 2. The van der Waals surface area contributed by atoms with E-state index in [1.165, 1.54) is 25.7 Å². The molecule has 0 aliphatic carbocycles. The van der Waals surface area contributed by atoms with Crippen LogP contribution in [0.4, 0.5) is 0 Å². The molecular weight excluding hydrogens is 342 g/mol. The molecule has 0 aromatic rings. The molecule has 2 aliphatic heterocycles. The first-order chi connectivity index (χ1) is 7.61. The van der Waals surface area contributed by atoms with Crippen molar-refractivity contribution in [2.45, 2.75) is 25.7 Å². The molecule has 0 N–H and O–H groups in total. The Morgan fingerprint density at radius 1 is 0.706 bits per heavy atom. The Hall–Kier alpha value is 0.843. The second kappa shape index (κ2) is 9.73. The molecule has 0 unspecified atom stereocenters. The molecule has 0 aromatic heterocycles. The summed E-state index contributed by atoms with van der Waals surface area (Å²) >= 11 is 19.2. The summed E-state index contributed by atoms with van der Waals surface area (Å²) in [6.45, 7) is 4.34. The fourth-order valence-corrected chi connectivity index (χ4v) is 2.53. The Morgan fingerprint density at radius 2 is 0.941 bits per heavy atom. The van der Waals surface area contributed by atoms with Crippen LogP contribution >= 0.6 is 24.4 Å². The van der Waals surface area contributed by atoms with Crippen LogP contribution in [-0.4, -0.2) is 44.6 Å². The van der Waals surface area contributed by atoms with Crippen molar-refractivity contribution >= 4 is 58.3 Å². The van der Waals surface area contributed by atoms with Gasteiger partial charge in [-0.3, -0.25) is 0 Å². The van der Waals surface area contributed by atoms with Gasteiger partial charge < -0.3 is 59.5 Å². The molecule has 2 heterocycles. The molecule has 2 saturated heterocycles. The van der Waals surface area contributed by atoms with E-state index >= 15 is 0 Å². The smallest absolute Gasteiger partial charge is 0.411 e. The molecule has 17 heavy (non-hydrogen) atoms. The zero-order valence-electron chi connectivity index (χ0n) is 9.89. The molecule has 7 heteroatoms. The minimum Gasteiger partial charge on any atom is -0.411 e. The van der Waals surface area contributed by atoms with Crippen LogP contribution in [0.25, 0.3) is 0 Å². The van der Waals surface area contributed by atoms with Crippen molar-refractivity contribution in [1.29, 1.82) is 0 Å². The summed E-state index contributed by atoms with van der Waals surface area (Å²) in [5.41, 5.74) is 0. The summed E-state index contributed by atoms with van der Waals surface area (Å²) in [4.78, 5) is 4.15. The van der Waals surface area contributed by atoms with E-state index in [0.29, 0.717) is 8.64 Å². The standard InChI is InChI=1S/2C5H9NS2.Zn/c2*7-5(8)6-3-1-2-4-6;/h2*1-4H2,(H,7,8);/q;;+2/p-2. The van der Waals surface area contributed by atoms with Crippen LogP contribution < -0.4 is 0 Å². The third kappa shape index (κ3) is 7.11. The van der Waals surface area contributed by atoms with E-state index in [1.807, 2.05) is 0 Å². The maximum atomic E-state index is 4.80. The predicted octanol–water partition coefficient (Wildman–Crippen LogP) is 1.83. The topological polar surface area (TPSA) is 6.48 Å². The first-order valence-corrected chi connectivity index (χ1v) is 7.16. The van der Waals surface area contributed by atoms with Crippen molar-refractivity contribution < 1.29 is 19.5 Å². The van der Waals surface area contributed by atoms with Gasteiger partial charge in [0.1, 0.15) is 0 Å². The first-order valence-electron chi connectivity index (χ1n) is 5.53. The molecule has 0 saturated carbocycles. The Kier molecular flexibility index (Phi) is 10.2. The molecule has 92 valence electrons. The zero-order valence-corrected chi connectivity index (χ0v) is 16.1. The number of thiocarbonyl (C=S) groups is 2. The van der Waals surface area contributed by atoms with E-state index in [1.54, 1.807) is 0 Å². The third-order valence-electron chi connectivity index (χ3n) is 2.73. The third-order valence-corrected chi connectivity index (χ3v) is 3.76. The van der Waals surface area contributed by atoms with Crippen LogP contribution in [0.15, 0.2) is 0 Å². The Bertz CT molecular complexity index is 225. The van der Waals surface area contributed by atoms with Gasteiger partial charge in [-0.15, -0.1) is 0 Å². The summed E-state index contributed by atoms with van der Waals surface area (Å²) < 4.78 is 1.28. The van der Waals surface area contributed by atoms with Crippen molar-refractivity contribution in [1.82, 2.24) is 9.80 Å². The Morgan fingerprint density at radius 3 is 1.06 bits per heavy atom. The van der Waals surface area contributed by atoms with Gasteiger partial charge in [-0.25, -0.2) is 0 Å². The van der Waals surface area contributed by atoms with E-state index in [4.69, 9.17) is 49.7 Å². The predicted molar refractivity (Wildman–Crippen MR) is 81.5 cm³/mol. The van der Waals surface area contributed by atoms with Gasteiger partial charge in [-0.1, -0.05) is 8.64 Å². The molecule has 0 amide bonds. The van der Waals surface area contributed by atoms with Gasteiger partial charge in [-0.05, 0) is 25.7 Å². The average Bonchev–Trinajstić information content (AvgIpc) is 2.93. The van der Waals surface area contributed by atoms with Crippen molar-refractivity contribution in [3.8, 4) is 0 Å². The second-order valence-corrected chi connectivity index (χ2v) is 5.98. The van der Waals surface area contributed by atoms with Crippen molar-refractivity contribution in [3.05, 3.63) is 0 Å². The summed E-state index contributed by atoms with van der Waals surface area (Å²) in [5.74, 6) is 0. The maximum Gasteiger partial charge on any atom is 2.00 e. The minimum atomic E-state index is 0. The number of nitrogens with zero attached hydrogens (tertiary/aromatic N) is 2. The maximum absolute atomic E-state index is 4.80. The molecular formula is C10H16N2S4Zn. The SMILES string of the molecule is S=C([S-])N1CCCC1.S=C([S-])N1CCCC1.[Zn+2]. The minimum absolute atomic E-state index is 0. The Labute approximate surface area is 138 Å². The molecule has 0 radical (unpaired) electrons. The number of hydrogen-bond acceptors (Lipinski definition) is 4. The molecule has 0 aromatic carbocycles. The van der Waals surface area contributed by atoms with Crippen LogP contribution in [0.1, 0.15) is 25.7 Å². The van der Waals surface area contributed by atoms with Gasteiger partial charge in [0.15, 0.2) is 0 Å². The fraction of sp³-hybridized carbons (Fsp3) is 0.800. The number of rotatable bonds is 0. The van der Waals surface area contributed by atoms with Gasteiger partial charge in [0.05, 0.1) is 0 Å². The van der Waals surface area contributed by atoms with Crippen LogP contribution in [0.5, 0.6) is 0 Å². The monoisotopic (exact) mass is 356 g/mol. The van der Waals surface area contributed by atoms with E-state index in [9.17, 15) is 0 Å². The molecule has 0 bridgehead atoms. The van der Waals surface area contributed by atoms with Crippen molar-refractivity contribution in [2.75, 3.05) is 26.2 Å². The van der Waals surface area contributed by atoms with Gasteiger partial charge >= 0.3 is 19.5 Å². The summed E-state index contributed by atoms with van der Waals surface area (Å²) in [6.07, 6.45) is 5.04. The van der Waals surface area contributed by atoms with Crippen molar-refractivity contribution in [2.24, 2.45) is 0 Å². The first kappa shape index (κ1) is 17.8. The molecule has 0 spiro atoms. The average molecular weight is 358 g/mol. The summed E-state index contributed by atoms with van der Waals surface area (Å²) in [6, 6.07) is 0. The van der Waals surface area contributed by atoms with Gasteiger partial charge in [0.2, 0.25) is 0 Å². The fourth-order valence-electron chi connectivity index (χ4n) is 1.80. The quantitative estimate of drug-likeness (QED) is 0.368.